The first-order chi connectivity index (χ1) is 9.58. The largest absolute Gasteiger partial charge is 0.481 e. The SMILES string of the molecule is Cc1ccc([C@H]2[C@@H](C)CCCN2CCCC(=O)O)cc1. The van der Waals surface area contributed by atoms with Gasteiger partial charge in [0.2, 0.25) is 0 Å². The van der Waals surface area contributed by atoms with Gasteiger partial charge in [0, 0.05) is 12.5 Å². The molecule has 0 radical (unpaired) electrons. The number of benzene rings is 1. The number of carboxylic acids is 1. The number of rotatable bonds is 5. The van der Waals surface area contributed by atoms with Crippen LogP contribution < -0.4 is 0 Å². The van der Waals surface area contributed by atoms with Crippen molar-refractivity contribution < 1.29 is 9.90 Å². The van der Waals surface area contributed by atoms with E-state index in [0.717, 1.165) is 19.5 Å². The molecule has 110 valence electrons. The van der Waals surface area contributed by atoms with Gasteiger partial charge >= 0.3 is 5.97 Å². The van der Waals surface area contributed by atoms with E-state index in [9.17, 15) is 4.79 Å². The molecular formula is C17H25NO2. The van der Waals surface area contributed by atoms with Crippen LogP contribution in [0, 0.1) is 12.8 Å². The summed E-state index contributed by atoms with van der Waals surface area (Å²) in [7, 11) is 0. The molecule has 1 fully saturated rings. The molecule has 1 aromatic rings. The van der Waals surface area contributed by atoms with Crippen molar-refractivity contribution in [3.05, 3.63) is 35.4 Å². The summed E-state index contributed by atoms with van der Waals surface area (Å²) in [5.41, 5.74) is 2.66. The molecular weight excluding hydrogens is 250 g/mol. The van der Waals surface area contributed by atoms with Gasteiger partial charge in [-0.3, -0.25) is 9.69 Å². The summed E-state index contributed by atoms with van der Waals surface area (Å²) in [5.74, 6) is -0.0572. The Hall–Kier alpha value is -1.35. The van der Waals surface area contributed by atoms with Crippen LogP contribution in [-0.2, 0) is 4.79 Å². The molecule has 0 saturated carbocycles. The van der Waals surface area contributed by atoms with Crippen molar-refractivity contribution in [3.63, 3.8) is 0 Å². The smallest absolute Gasteiger partial charge is 0.303 e. The predicted octanol–water partition coefficient (Wildman–Crippen LogP) is 3.63. The number of likely N-dealkylation sites (tertiary alicyclic amines) is 1. The van der Waals surface area contributed by atoms with E-state index in [0.29, 0.717) is 12.0 Å². The Morgan fingerprint density at radius 2 is 2.05 bits per heavy atom. The minimum absolute atomic E-state index is 0.269. The number of hydrogen-bond donors (Lipinski definition) is 1. The molecule has 1 saturated heterocycles. The maximum atomic E-state index is 10.7. The van der Waals surface area contributed by atoms with E-state index in [4.69, 9.17) is 5.11 Å². The van der Waals surface area contributed by atoms with Crippen molar-refractivity contribution in [2.24, 2.45) is 5.92 Å². The first kappa shape index (κ1) is 15.0. The fraction of sp³-hybridized carbons (Fsp3) is 0.588. The normalized spacial score (nSPS) is 23.7. The maximum Gasteiger partial charge on any atom is 0.303 e. The summed E-state index contributed by atoms with van der Waals surface area (Å²) >= 11 is 0. The highest BCUT2D eigenvalue weighted by atomic mass is 16.4. The van der Waals surface area contributed by atoms with Gasteiger partial charge in [-0.1, -0.05) is 36.8 Å². The number of nitrogens with zero attached hydrogens (tertiary/aromatic N) is 1. The summed E-state index contributed by atoms with van der Waals surface area (Å²) in [6, 6.07) is 9.24. The van der Waals surface area contributed by atoms with Crippen molar-refractivity contribution in [3.8, 4) is 0 Å². The van der Waals surface area contributed by atoms with Crippen LogP contribution in [0.3, 0.4) is 0 Å². The van der Waals surface area contributed by atoms with E-state index in [1.54, 1.807) is 0 Å². The number of carboxylic acid groups (broad SMARTS) is 1. The monoisotopic (exact) mass is 275 g/mol. The molecule has 0 aromatic heterocycles. The molecule has 0 unspecified atom stereocenters. The number of aliphatic carboxylic acids is 1. The second-order valence-electron chi connectivity index (χ2n) is 6.01. The Balaban J connectivity index is 2.07. The van der Waals surface area contributed by atoms with Crippen molar-refractivity contribution >= 4 is 5.97 Å². The van der Waals surface area contributed by atoms with Gasteiger partial charge in [-0.25, -0.2) is 0 Å². The highest BCUT2D eigenvalue weighted by molar-refractivity contribution is 5.66. The lowest BCUT2D eigenvalue weighted by atomic mass is 9.85. The van der Waals surface area contributed by atoms with Crippen LogP contribution in [0.15, 0.2) is 24.3 Å². The molecule has 20 heavy (non-hydrogen) atoms. The molecule has 3 nitrogen and oxygen atoms in total. The van der Waals surface area contributed by atoms with Crippen molar-refractivity contribution in [1.82, 2.24) is 4.90 Å². The van der Waals surface area contributed by atoms with Crippen molar-refractivity contribution in [2.75, 3.05) is 13.1 Å². The van der Waals surface area contributed by atoms with E-state index >= 15 is 0 Å². The van der Waals surface area contributed by atoms with Crippen LogP contribution in [-0.4, -0.2) is 29.1 Å². The molecule has 1 aromatic carbocycles. The van der Waals surface area contributed by atoms with Gasteiger partial charge in [-0.05, 0) is 50.8 Å². The second kappa shape index (κ2) is 6.89. The van der Waals surface area contributed by atoms with Gasteiger partial charge in [0.25, 0.3) is 0 Å². The Morgan fingerprint density at radius 1 is 1.35 bits per heavy atom. The average Bonchev–Trinajstić information content (AvgIpc) is 2.40. The lowest BCUT2D eigenvalue weighted by molar-refractivity contribution is -0.137. The van der Waals surface area contributed by atoms with Crippen LogP contribution in [0.25, 0.3) is 0 Å². The number of hydrogen-bond acceptors (Lipinski definition) is 2. The molecule has 0 spiro atoms. The third kappa shape index (κ3) is 3.83. The molecule has 0 aliphatic carbocycles. The van der Waals surface area contributed by atoms with Crippen LogP contribution in [0.5, 0.6) is 0 Å². The summed E-state index contributed by atoms with van der Waals surface area (Å²) in [6.45, 7) is 6.39. The number of carbonyl (C=O) groups is 1. The zero-order chi connectivity index (χ0) is 14.5. The van der Waals surface area contributed by atoms with Crippen molar-refractivity contribution in [1.29, 1.82) is 0 Å². The van der Waals surface area contributed by atoms with Gasteiger partial charge in [-0.2, -0.15) is 0 Å². The van der Waals surface area contributed by atoms with E-state index in [1.165, 1.54) is 24.0 Å². The summed E-state index contributed by atoms with van der Waals surface area (Å²) in [4.78, 5) is 13.1. The maximum absolute atomic E-state index is 10.7. The third-order valence-corrected chi connectivity index (χ3v) is 4.29. The average molecular weight is 275 g/mol. The van der Waals surface area contributed by atoms with Gasteiger partial charge in [0.05, 0.1) is 0 Å². The molecule has 2 atom stereocenters. The predicted molar refractivity (Wildman–Crippen MR) is 80.8 cm³/mol. The van der Waals surface area contributed by atoms with Gasteiger partial charge in [0.1, 0.15) is 0 Å². The van der Waals surface area contributed by atoms with Crippen LogP contribution >= 0.6 is 0 Å². The van der Waals surface area contributed by atoms with Crippen LogP contribution in [0.2, 0.25) is 0 Å². The number of aryl methyl sites for hydroxylation is 1. The molecule has 1 aliphatic heterocycles. The fourth-order valence-corrected chi connectivity index (χ4v) is 3.26. The molecule has 3 heteroatoms. The second-order valence-corrected chi connectivity index (χ2v) is 6.01. The highest BCUT2D eigenvalue weighted by Gasteiger charge is 2.29. The van der Waals surface area contributed by atoms with E-state index in [2.05, 4.69) is 43.0 Å². The molecule has 2 rings (SSSR count). The summed E-state index contributed by atoms with van der Waals surface area (Å²) in [5, 5.41) is 8.79. The zero-order valence-corrected chi connectivity index (χ0v) is 12.5. The Labute approximate surface area is 121 Å². The third-order valence-electron chi connectivity index (χ3n) is 4.29. The fourth-order valence-electron chi connectivity index (χ4n) is 3.26. The molecule has 0 amide bonds. The Morgan fingerprint density at radius 3 is 2.70 bits per heavy atom. The topological polar surface area (TPSA) is 40.5 Å². The standard InChI is InChI=1S/C17H25NO2/c1-13-7-9-15(10-8-13)17-14(2)5-3-11-18(17)12-4-6-16(19)20/h7-10,14,17H,3-6,11-12H2,1-2H3,(H,19,20)/t14-,17+/m0/s1. The molecule has 0 bridgehead atoms. The van der Waals surface area contributed by atoms with E-state index < -0.39 is 5.97 Å². The zero-order valence-electron chi connectivity index (χ0n) is 12.5. The minimum atomic E-state index is -0.693. The summed E-state index contributed by atoms with van der Waals surface area (Å²) < 4.78 is 0. The molecule has 1 aliphatic rings. The summed E-state index contributed by atoms with van der Waals surface area (Å²) in [6.07, 6.45) is 3.49. The van der Waals surface area contributed by atoms with Gasteiger partial charge in [0.15, 0.2) is 0 Å². The van der Waals surface area contributed by atoms with E-state index in [-0.39, 0.29) is 6.42 Å². The lowest BCUT2D eigenvalue weighted by Crippen LogP contribution is -2.38. The Kier molecular flexibility index (Phi) is 5.18. The van der Waals surface area contributed by atoms with Crippen molar-refractivity contribution in [2.45, 2.75) is 45.6 Å². The quantitative estimate of drug-likeness (QED) is 0.892. The highest BCUT2D eigenvalue weighted by Crippen LogP contribution is 2.35. The minimum Gasteiger partial charge on any atom is -0.481 e. The van der Waals surface area contributed by atoms with Gasteiger partial charge < -0.3 is 5.11 Å². The van der Waals surface area contributed by atoms with E-state index in [1.807, 2.05) is 0 Å². The molecule has 1 N–H and O–H groups in total. The lowest BCUT2D eigenvalue weighted by Gasteiger charge is -2.40. The first-order valence-electron chi connectivity index (χ1n) is 7.60. The first-order valence-corrected chi connectivity index (χ1v) is 7.60. The van der Waals surface area contributed by atoms with Gasteiger partial charge in [-0.15, -0.1) is 0 Å². The molecule has 1 heterocycles. The number of piperidine rings is 1. The van der Waals surface area contributed by atoms with Crippen LogP contribution in [0.1, 0.15) is 49.8 Å². The van der Waals surface area contributed by atoms with Crippen LogP contribution in [0.4, 0.5) is 0 Å². The Bertz CT molecular complexity index is 441.